The third kappa shape index (κ3) is 3.21. The van der Waals surface area contributed by atoms with Gasteiger partial charge in [-0.25, -0.2) is 0 Å². The normalized spacial score (nSPS) is 22.9. The van der Waals surface area contributed by atoms with Gasteiger partial charge in [0, 0.05) is 38.3 Å². The van der Waals surface area contributed by atoms with Crippen LogP contribution in [0.25, 0.3) is 0 Å². The van der Waals surface area contributed by atoms with Crippen LogP contribution in [0.4, 0.5) is 5.69 Å². The minimum Gasteiger partial charge on any atom is -0.371 e. The van der Waals surface area contributed by atoms with Crippen LogP contribution in [0.15, 0.2) is 24.3 Å². The molecular formula is C17H25N3O. The molecule has 2 heterocycles. The van der Waals surface area contributed by atoms with Crippen molar-refractivity contribution in [3.8, 4) is 0 Å². The molecule has 1 unspecified atom stereocenters. The summed E-state index contributed by atoms with van der Waals surface area (Å²) in [6.07, 6.45) is 4.49. The summed E-state index contributed by atoms with van der Waals surface area (Å²) in [5.41, 5.74) is 8.29. The summed E-state index contributed by atoms with van der Waals surface area (Å²) in [5, 5.41) is 0. The Labute approximate surface area is 126 Å². The van der Waals surface area contributed by atoms with Crippen LogP contribution in [0.5, 0.6) is 0 Å². The molecule has 1 amide bonds. The van der Waals surface area contributed by atoms with Crippen LogP contribution in [0.3, 0.4) is 0 Å². The number of nitrogens with zero attached hydrogens (tertiary/aromatic N) is 2. The topological polar surface area (TPSA) is 49.6 Å². The summed E-state index contributed by atoms with van der Waals surface area (Å²) < 4.78 is 0. The second kappa shape index (κ2) is 6.48. The lowest BCUT2D eigenvalue weighted by atomic mass is 10.1. The number of para-hydroxylation sites is 1. The average molecular weight is 287 g/mol. The third-order valence-corrected chi connectivity index (χ3v) is 4.68. The molecule has 2 N–H and O–H groups in total. The Bertz CT molecular complexity index is 497. The lowest BCUT2D eigenvalue weighted by molar-refractivity contribution is -0.128. The van der Waals surface area contributed by atoms with Crippen LogP contribution in [-0.4, -0.2) is 37.0 Å². The fraction of sp³-hybridized carbons (Fsp3) is 0.588. The second-order valence-electron chi connectivity index (χ2n) is 6.26. The van der Waals surface area contributed by atoms with Gasteiger partial charge in [-0.1, -0.05) is 18.2 Å². The van der Waals surface area contributed by atoms with Crippen LogP contribution >= 0.6 is 0 Å². The smallest absolute Gasteiger partial charge is 0.223 e. The van der Waals surface area contributed by atoms with Crippen molar-refractivity contribution in [2.45, 2.75) is 32.2 Å². The van der Waals surface area contributed by atoms with E-state index in [2.05, 4.69) is 29.2 Å². The number of nitrogens with two attached hydrogens (primary N) is 1. The van der Waals surface area contributed by atoms with Gasteiger partial charge in [0.1, 0.15) is 0 Å². The lowest BCUT2D eigenvalue weighted by Gasteiger charge is -2.31. The molecule has 0 aromatic heterocycles. The first-order chi connectivity index (χ1) is 10.3. The number of anilines is 1. The van der Waals surface area contributed by atoms with Gasteiger partial charge in [-0.3, -0.25) is 4.79 Å². The van der Waals surface area contributed by atoms with E-state index in [9.17, 15) is 4.79 Å². The molecule has 0 bridgehead atoms. The summed E-state index contributed by atoms with van der Waals surface area (Å²) in [6.45, 7) is 4.41. The van der Waals surface area contributed by atoms with Crippen LogP contribution in [0, 0.1) is 5.92 Å². The number of piperidine rings is 1. The molecule has 114 valence electrons. The number of carbonyl (C=O) groups excluding carboxylic acids is 1. The maximum absolute atomic E-state index is 12.1. The quantitative estimate of drug-likeness (QED) is 0.921. The molecule has 2 aliphatic heterocycles. The van der Waals surface area contributed by atoms with Crippen LogP contribution in [0.2, 0.25) is 0 Å². The van der Waals surface area contributed by atoms with E-state index in [-0.39, 0.29) is 5.91 Å². The Morgan fingerprint density at radius 1 is 1.14 bits per heavy atom. The lowest BCUT2D eigenvalue weighted by Crippen LogP contribution is -2.32. The molecule has 1 aromatic rings. The van der Waals surface area contributed by atoms with Gasteiger partial charge in [0.25, 0.3) is 0 Å². The fourth-order valence-electron chi connectivity index (χ4n) is 3.46. The fourth-order valence-corrected chi connectivity index (χ4v) is 3.46. The molecule has 2 fully saturated rings. The molecular weight excluding hydrogens is 262 g/mol. The van der Waals surface area contributed by atoms with E-state index < -0.39 is 0 Å². The maximum Gasteiger partial charge on any atom is 0.223 e. The largest absolute Gasteiger partial charge is 0.371 e. The number of amides is 1. The number of hydrogen-bond acceptors (Lipinski definition) is 3. The molecule has 3 rings (SSSR count). The summed E-state index contributed by atoms with van der Waals surface area (Å²) in [5.74, 6) is 0.582. The van der Waals surface area contributed by atoms with E-state index in [4.69, 9.17) is 5.73 Å². The SMILES string of the molecule is NCC1CC(=O)N(Cc2ccccc2N2CCCCC2)C1. The molecule has 4 heteroatoms. The number of carbonyl (C=O) groups is 1. The van der Waals surface area contributed by atoms with Gasteiger partial charge in [-0.15, -0.1) is 0 Å². The first-order valence-corrected chi connectivity index (χ1v) is 8.08. The second-order valence-corrected chi connectivity index (χ2v) is 6.26. The standard InChI is InChI=1S/C17H25N3O/c18-11-14-10-17(21)20(12-14)13-15-6-2-3-7-16(15)19-8-4-1-5-9-19/h2-3,6-7,14H,1,4-5,8-13,18H2. The highest BCUT2D eigenvalue weighted by Gasteiger charge is 2.29. The van der Waals surface area contributed by atoms with Crippen molar-refractivity contribution in [1.29, 1.82) is 0 Å². The summed E-state index contributed by atoms with van der Waals surface area (Å²) >= 11 is 0. The zero-order valence-electron chi connectivity index (χ0n) is 12.6. The Morgan fingerprint density at radius 3 is 2.62 bits per heavy atom. The van der Waals surface area contributed by atoms with Gasteiger partial charge >= 0.3 is 0 Å². The number of benzene rings is 1. The van der Waals surface area contributed by atoms with Gasteiger partial charge in [0.05, 0.1) is 0 Å². The van der Waals surface area contributed by atoms with Crippen LogP contribution < -0.4 is 10.6 Å². The highest BCUT2D eigenvalue weighted by Crippen LogP contribution is 2.27. The molecule has 1 aromatic carbocycles. The molecule has 0 aliphatic carbocycles. The molecule has 0 saturated carbocycles. The molecule has 1 atom stereocenters. The van der Waals surface area contributed by atoms with E-state index in [1.54, 1.807) is 0 Å². The predicted molar refractivity (Wildman–Crippen MR) is 85.1 cm³/mol. The molecule has 2 saturated heterocycles. The average Bonchev–Trinajstić information content (AvgIpc) is 2.89. The predicted octanol–water partition coefficient (Wildman–Crippen LogP) is 1.98. The van der Waals surface area contributed by atoms with E-state index in [1.807, 2.05) is 4.90 Å². The van der Waals surface area contributed by atoms with Gasteiger partial charge in [0.15, 0.2) is 0 Å². The summed E-state index contributed by atoms with van der Waals surface area (Å²) in [4.78, 5) is 16.5. The van der Waals surface area contributed by atoms with Crippen LogP contribution in [0.1, 0.15) is 31.2 Å². The summed E-state index contributed by atoms with van der Waals surface area (Å²) in [6, 6.07) is 8.53. The first-order valence-electron chi connectivity index (χ1n) is 8.08. The van der Waals surface area contributed by atoms with Crippen molar-refractivity contribution < 1.29 is 4.79 Å². The minimum atomic E-state index is 0.249. The van der Waals surface area contributed by atoms with E-state index >= 15 is 0 Å². The number of likely N-dealkylation sites (tertiary alicyclic amines) is 1. The van der Waals surface area contributed by atoms with Crippen molar-refractivity contribution in [1.82, 2.24) is 4.90 Å². The highest BCUT2D eigenvalue weighted by molar-refractivity contribution is 5.79. The molecule has 4 nitrogen and oxygen atoms in total. The Kier molecular flexibility index (Phi) is 4.44. The van der Waals surface area contributed by atoms with Gasteiger partial charge in [-0.2, -0.15) is 0 Å². The minimum absolute atomic E-state index is 0.249. The van der Waals surface area contributed by atoms with Crippen molar-refractivity contribution >= 4 is 11.6 Å². The first kappa shape index (κ1) is 14.4. The maximum atomic E-state index is 12.1. The Morgan fingerprint density at radius 2 is 1.90 bits per heavy atom. The van der Waals surface area contributed by atoms with Gasteiger partial charge in [0.2, 0.25) is 5.91 Å². The Balaban J connectivity index is 1.74. The van der Waals surface area contributed by atoms with E-state index in [0.717, 1.165) is 26.2 Å². The van der Waals surface area contributed by atoms with Crippen molar-refractivity contribution in [2.24, 2.45) is 11.7 Å². The van der Waals surface area contributed by atoms with E-state index in [1.165, 1.54) is 30.5 Å². The highest BCUT2D eigenvalue weighted by atomic mass is 16.2. The third-order valence-electron chi connectivity index (χ3n) is 4.68. The molecule has 21 heavy (non-hydrogen) atoms. The molecule has 0 radical (unpaired) electrons. The zero-order chi connectivity index (χ0) is 14.7. The monoisotopic (exact) mass is 287 g/mol. The van der Waals surface area contributed by atoms with Crippen molar-refractivity contribution in [3.63, 3.8) is 0 Å². The number of hydrogen-bond donors (Lipinski definition) is 1. The number of rotatable bonds is 4. The van der Waals surface area contributed by atoms with Crippen LogP contribution in [-0.2, 0) is 11.3 Å². The Hall–Kier alpha value is -1.55. The van der Waals surface area contributed by atoms with Crippen molar-refractivity contribution in [2.75, 3.05) is 31.1 Å². The van der Waals surface area contributed by atoms with Gasteiger partial charge < -0.3 is 15.5 Å². The van der Waals surface area contributed by atoms with Crippen molar-refractivity contribution in [3.05, 3.63) is 29.8 Å². The van der Waals surface area contributed by atoms with E-state index in [0.29, 0.717) is 18.9 Å². The zero-order valence-corrected chi connectivity index (χ0v) is 12.6. The molecule has 2 aliphatic rings. The summed E-state index contributed by atoms with van der Waals surface area (Å²) in [7, 11) is 0. The van der Waals surface area contributed by atoms with Gasteiger partial charge in [-0.05, 0) is 43.4 Å². The molecule has 0 spiro atoms.